The third kappa shape index (κ3) is 3.46. The van der Waals surface area contributed by atoms with Crippen molar-refractivity contribution in [3.8, 4) is 0 Å². The first-order valence-electron chi connectivity index (χ1n) is 8.01. The normalized spacial score (nSPS) is 11.2. The van der Waals surface area contributed by atoms with Crippen molar-refractivity contribution < 1.29 is 4.42 Å². The lowest BCUT2D eigenvalue weighted by Crippen LogP contribution is -2.06. The van der Waals surface area contributed by atoms with Gasteiger partial charge in [-0.1, -0.05) is 37.6 Å². The molecule has 0 fully saturated rings. The molecule has 0 aliphatic carbocycles. The van der Waals surface area contributed by atoms with Gasteiger partial charge in [0.2, 0.25) is 0 Å². The summed E-state index contributed by atoms with van der Waals surface area (Å²) in [5, 5.41) is 4.91. The maximum absolute atomic E-state index is 11.8. The minimum absolute atomic E-state index is 0.350. The van der Waals surface area contributed by atoms with Gasteiger partial charge in [0, 0.05) is 28.7 Å². The SMILES string of the molecule is Cc1cc2oc(=O)cc(CNc3cccc(C(C)C)c3)c2cc1Cl. The lowest BCUT2D eigenvalue weighted by molar-refractivity contribution is 0.559. The molecule has 2 aromatic carbocycles. The van der Waals surface area contributed by atoms with Crippen LogP contribution in [0.2, 0.25) is 5.02 Å². The van der Waals surface area contributed by atoms with E-state index in [9.17, 15) is 4.79 Å². The topological polar surface area (TPSA) is 42.2 Å². The van der Waals surface area contributed by atoms with E-state index in [1.807, 2.05) is 31.2 Å². The molecule has 0 unspecified atom stereocenters. The van der Waals surface area contributed by atoms with Crippen LogP contribution >= 0.6 is 11.6 Å². The lowest BCUT2D eigenvalue weighted by Gasteiger charge is -2.12. The first-order chi connectivity index (χ1) is 11.4. The molecule has 0 atom stereocenters. The fraction of sp³-hybridized carbons (Fsp3) is 0.250. The highest BCUT2D eigenvalue weighted by Crippen LogP contribution is 2.26. The molecule has 1 N–H and O–H groups in total. The van der Waals surface area contributed by atoms with Crippen LogP contribution in [0, 0.1) is 6.92 Å². The molecule has 3 nitrogen and oxygen atoms in total. The van der Waals surface area contributed by atoms with Crippen LogP contribution < -0.4 is 10.9 Å². The summed E-state index contributed by atoms with van der Waals surface area (Å²) in [5.74, 6) is 0.470. The maximum atomic E-state index is 11.8. The minimum atomic E-state index is -0.350. The van der Waals surface area contributed by atoms with E-state index in [1.54, 1.807) is 0 Å². The molecule has 124 valence electrons. The maximum Gasteiger partial charge on any atom is 0.336 e. The fourth-order valence-corrected chi connectivity index (χ4v) is 2.86. The molecule has 3 aromatic rings. The predicted octanol–water partition coefficient (Wildman–Crippen LogP) is 5.49. The number of hydrogen-bond acceptors (Lipinski definition) is 3. The summed E-state index contributed by atoms with van der Waals surface area (Å²) < 4.78 is 5.30. The molecule has 0 bridgehead atoms. The van der Waals surface area contributed by atoms with Gasteiger partial charge in [-0.2, -0.15) is 0 Å². The van der Waals surface area contributed by atoms with Gasteiger partial charge in [-0.25, -0.2) is 4.79 Å². The van der Waals surface area contributed by atoms with Crippen LogP contribution in [0.3, 0.4) is 0 Å². The zero-order valence-electron chi connectivity index (χ0n) is 14.0. The molecule has 0 saturated carbocycles. The van der Waals surface area contributed by atoms with Crippen molar-refractivity contribution in [3.63, 3.8) is 0 Å². The van der Waals surface area contributed by atoms with Gasteiger partial charge in [0.05, 0.1) is 0 Å². The summed E-state index contributed by atoms with van der Waals surface area (Å²) in [6, 6.07) is 13.5. The largest absolute Gasteiger partial charge is 0.423 e. The van der Waals surface area contributed by atoms with Gasteiger partial charge in [-0.3, -0.25) is 0 Å². The number of hydrogen-bond donors (Lipinski definition) is 1. The van der Waals surface area contributed by atoms with Crippen molar-refractivity contribution in [2.75, 3.05) is 5.32 Å². The van der Waals surface area contributed by atoms with E-state index >= 15 is 0 Å². The Balaban J connectivity index is 1.94. The Bertz CT molecular complexity index is 944. The van der Waals surface area contributed by atoms with Gasteiger partial charge in [0.1, 0.15) is 5.58 Å². The zero-order valence-corrected chi connectivity index (χ0v) is 14.8. The zero-order chi connectivity index (χ0) is 17.3. The average molecular weight is 342 g/mol. The van der Waals surface area contributed by atoms with E-state index in [0.717, 1.165) is 22.2 Å². The molecule has 4 heteroatoms. The molecule has 0 saturated heterocycles. The standard InChI is InChI=1S/C20H20ClNO2/c1-12(2)14-5-4-6-16(8-14)22-11-15-9-20(23)24-19-7-13(3)18(21)10-17(15)19/h4-10,12,22H,11H2,1-3H3. The Hall–Kier alpha value is -2.26. The third-order valence-corrected chi connectivity index (χ3v) is 4.55. The predicted molar refractivity (Wildman–Crippen MR) is 100 cm³/mol. The van der Waals surface area contributed by atoms with Gasteiger partial charge in [0.15, 0.2) is 0 Å². The monoisotopic (exact) mass is 341 g/mol. The van der Waals surface area contributed by atoms with E-state index in [4.69, 9.17) is 16.0 Å². The van der Waals surface area contributed by atoms with E-state index in [1.165, 1.54) is 11.6 Å². The highest BCUT2D eigenvalue weighted by atomic mass is 35.5. The molecule has 0 radical (unpaired) electrons. The van der Waals surface area contributed by atoms with Gasteiger partial charge < -0.3 is 9.73 Å². The molecule has 0 aliphatic rings. The van der Waals surface area contributed by atoms with Crippen molar-refractivity contribution in [3.05, 3.63) is 74.6 Å². The Morgan fingerprint density at radius 3 is 2.71 bits per heavy atom. The van der Waals surface area contributed by atoms with Crippen LogP contribution in [0.5, 0.6) is 0 Å². The number of fused-ring (bicyclic) bond motifs is 1. The third-order valence-electron chi connectivity index (χ3n) is 4.15. The van der Waals surface area contributed by atoms with E-state index < -0.39 is 0 Å². The number of halogens is 1. The van der Waals surface area contributed by atoms with Gasteiger partial charge >= 0.3 is 5.63 Å². The van der Waals surface area contributed by atoms with Crippen LogP contribution in [-0.2, 0) is 6.54 Å². The van der Waals surface area contributed by atoms with Crippen molar-refractivity contribution >= 4 is 28.3 Å². The summed E-state index contributed by atoms with van der Waals surface area (Å²) in [5.41, 5.74) is 4.28. The van der Waals surface area contributed by atoms with Crippen LogP contribution in [0.25, 0.3) is 11.0 Å². The quantitative estimate of drug-likeness (QED) is 0.638. The Kier molecular flexibility index (Phi) is 4.63. The Morgan fingerprint density at radius 1 is 1.17 bits per heavy atom. The second-order valence-corrected chi connectivity index (χ2v) is 6.73. The number of rotatable bonds is 4. The average Bonchev–Trinajstić information content (AvgIpc) is 2.54. The summed E-state index contributed by atoms with van der Waals surface area (Å²) in [6.07, 6.45) is 0. The van der Waals surface area contributed by atoms with E-state index in [-0.39, 0.29) is 5.63 Å². The van der Waals surface area contributed by atoms with Gasteiger partial charge in [-0.15, -0.1) is 0 Å². The molecular weight excluding hydrogens is 322 g/mol. The highest BCUT2D eigenvalue weighted by Gasteiger charge is 2.09. The summed E-state index contributed by atoms with van der Waals surface area (Å²) in [7, 11) is 0. The molecule has 0 aliphatic heterocycles. The molecule has 3 rings (SSSR count). The smallest absolute Gasteiger partial charge is 0.336 e. The van der Waals surface area contributed by atoms with Gasteiger partial charge in [0.25, 0.3) is 0 Å². The molecular formula is C20H20ClNO2. The molecule has 0 spiro atoms. The second-order valence-electron chi connectivity index (χ2n) is 6.32. The van der Waals surface area contributed by atoms with Crippen molar-refractivity contribution in [1.82, 2.24) is 0 Å². The fourth-order valence-electron chi connectivity index (χ4n) is 2.70. The van der Waals surface area contributed by atoms with E-state index in [2.05, 4.69) is 31.3 Å². The van der Waals surface area contributed by atoms with Crippen molar-refractivity contribution in [2.24, 2.45) is 0 Å². The van der Waals surface area contributed by atoms with Crippen molar-refractivity contribution in [2.45, 2.75) is 33.2 Å². The molecule has 1 heterocycles. The molecule has 24 heavy (non-hydrogen) atoms. The molecule has 0 amide bonds. The number of benzene rings is 2. The highest BCUT2D eigenvalue weighted by molar-refractivity contribution is 6.32. The Labute approximate surface area is 146 Å². The summed E-state index contributed by atoms with van der Waals surface area (Å²) in [6.45, 7) is 6.76. The minimum Gasteiger partial charge on any atom is -0.423 e. The van der Waals surface area contributed by atoms with Crippen molar-refractivity contribution in [1.29, 1.82) is 0 Å². The Morgan fingerprint density at radius 2 is 1.96 bits per heavy atom. The van der Waals surface area contributed by atoms with Crippen LogP contribution in [0.4, 0.5) is 5.69 Å². The van der Waals surface area contributed by atoms with Crippen LogP contribution in [0.15, 0.2) is 51.7 Å². The van der Waals surface area contributed by atoms with Gasteiger partial charge in [-0.05, 0) is 53.8 Å². The summed E-state index contributed by atoms with van der Waals surface area (Å²) in [4.78, 5) is 11.8. The number of nitrogens with one attached hydrogen (secondary N) is 1. The second kappa shape index (κ2) is 6.70. The number of aryl methyl sites for hydroxylation is 1. The number of anilines is 1. The molecule has 1 aromatic heterocycles. The first-order valence-corrected chi connectivity index (χ1v) is 8.38. The first kappa shape index (κ1) is 16.6. The lowest BCUT2D eigenvalue weighted by atomic mass is 10.0. The van der Waals surface area contributed by atoms with Crippen LogP contribution in [0.1, 0.15) is 36.5 Å². The van der Waals surface area contributed by atoms with E-state index in [0.29, 0.717) is 23.1 Å². The van der Waals surface area contributed by atoms with Crippen LogP contribution in [-0.4, -0.2) is 0 Å². The summed E-state index contributed by atoms with van der Waals surface area (Å²) >= 11 is 6.23.